The molecule has 0 aromatic heterocycles. The Labute approximate surface area is 127 Å². The number of carbonyl (C=O) groups excluding carboxylic acids is 1. The molecule has 1 aromatic rings. The SMILES string of the molecule is CCCCOc1ccc(C(=O)NCC(O)(CC)CC)cc1. The lowest BCUT2D eigenvalue weighted by molar-refractivity contribution is 0.0314. The molecule has 4 nitrogen and oxygen atoms in total. The molecule has 0 atom stereocenters. The van der Waals surface area contributed by atoms with E-state index < -0.39 is 5.60 Å². The van der Waals surface area contributed by atoms with Gasteiger partial charge in [-0.15, -0.1) is 0 Å². The first-order chi connectivity index (χ1) is 10.0. The van der Waals surface area contributed by atoms with Crippen LogP contribution in [0.1, 0.15) is 56.8 Å². The number of nitrogens with one attached hydrogen (secondary N) is 1. The van der Waals surface area contributed by atoms with Crippen LogP contribution in [0, 0.1) is 0 Å². The van der Waals surface area contributed by atoms with Crippen LogP contribution in [0.5, 0.6) is 5.75 Å². The summed E-state index contributed by atoms with van der Waals surface area (Å²) in [7, 11) is 0. The number of ether oxygens (including phenoxy) is 1. The zero-order valence-electron chi connectivity index (χ0n) is 13.3. The van der Waals surface area contributed by atoms with Gasteiger partial charge in [0.15, 0.2) is 0 Å². The van der Waals surface area contributed by atoms with Gasteiger partial charge >= 0.3 is 0 Å². The fourth-order valence-electron chi connectivity index (χ4n) is 1.88. The van der Waals surface area contributed by atoms with Crippen molar-refractivity contribution in [3.8, 4) is 5.75 Å². The minimum Gasteiger partial charge on any atom is -0.494 e. The van der Waals surface area contributed by atoms with Gasteiger partial charge in [0, 0.05) is 12.1 Å². The second-order valence-corrected chi connectivity index (χ2v) is 5.34. The van der Waals surface area contributed by atoms with E-state index in [9.17, 15) is 9.90 Å². The smallest absolute Gasteiger partial charge is 0.251 e. The predicted octanol–water partition coefficient (Wildman–Crippen LogP) is 3.15. The molecule has 0 bridgehead atoms. The summed E-state index contributed by atoms with van der Waals surface area (Å²) >= 11 is 0. The Bertz CT molecular complexity index is 424. The van der Waals surface area contributed by atoms with Crippen molar-refractivity contribution in [1.29, 1.82) is 0 Å². The number of amides is 1. The summed E-state index contributed by atoms with van der Waals surface area (Å²) in [6.07, 6.45) is 3.36. The van der Waals surface area contributed by atoms with Crippen LogP contribution >= 0.6 is 0 Å². The summed E-state index contributed by atoms with van der Waals surface area (Å²) in [4.78, 5) is 12.0. The highest BCUT2D eigenvalue weighted by Crippen LogP contribution is 2.15. The van der Waals surface area contributed by atoms with Crippen molar-refractivity contribution in [2.45, 2.75) is 52.1 Å². The lowest BCUT2D eigenvalue weighted by Crippen LogP contribution is -2.42. The third-order valence-electron chi connectivity index (χ3n) is 3.78. The number of aliphatic hydroxyl groups is 1. The minimum absolute atomic E-state index is 0.171. The van der Waals surface area contributed by atoms with Gasteiger partial charge in [-0.3, -0.25) is 4.79 Å². The van der Waals surface area contributed by atoms with E-state index in [-0.39, 0.29) is 12.5 Å². The molecule has 1 aromatic carbocycles. The lowest BCUT2D eigenvalue weighted by Gasteiger charge is -2.25. The highest BCUT2D eigenvalue weighted by Gasteiger charge is 2.22. The quantitative estimate of drug-likeness (QED) is 0.688. The van der Waals surface area contributed by atoms with Gasteiger partial charge in [0.25, 0.3) is 5.91 Å². The molecule has 21 heavy (non-hydrogen) atoms. The molecular formula is C17H27NO3. The summed E-state index contributed by atoms with van der Waals surface area (Å²) in [5.74, 6) is 0.606. The fourth-order valence-corrected chi connectivity index (χ4v) is 1.88. The third kappa shape index (κ3) is 5.76. The van der Waals surface area contributed by atoms with Crippen LogP contribution in [0.4, 0.5) is 0 Å². The van der Waals surface area contributed by atoms with Crippen LogP contribution < -0.4 is 10.1 Å². The zero-order chi connectivity index (χ0) is 15.7. The summed E-state index contributed by atoms with van der Waals surface area (Å²) in [5, 5.41) is 12.9. The average molecular weight is 293 g/mol. The highest BCUT2D eigenvalue weighted by molar-refractivity contribution is 5.94. The van der Waals surface area contributed by atoms with E-state index in [0.29, 0.717) is 25.0 Å². The molecule has 0 spiro atoms. The monoisotopic (exact) mass is 293 g/mol. The summed E-state index contributed by atoms with van der Waals surface area (Å²) in [6.45, 7) is 6.91. The molecule has 1 rings (SSSR count). The third-order valence-corrected chi connectivity index (χ3v) is 3.78. The Kier molecular flexibility index (Phi) is 7.23. The maximum atomic E-state index is 12.0. The van der Waals surface area contributed by atoms with E-state index >= 15 is 0 Å². The molecule has 0 unspecified atom stereocenters. The number of unbranched alkanes of at least 4 members (excludes halogenated alkanes) is 1. The summed E-state index contributed by atoms with van der Waals surface area (Å²) in [5.41, 5.74) is -0.244. The number of rotatable bonds is 9. The Morgan fingerprint density at radius 2 is 1.81 bits per heavy atom. The molecule has 0 aliphatic heterocycles. The van der Waals surface area contributed by atoms with Gasteiger partial charge in [-0.1, -0.05) is 27.2 Å². The van der Waals surface area contributed by atoms with Crippen LogP contribution in [0.3, 0.4) is 0 Å². The van der Waals surface area contributed by atoms with Gasteiger partial charge in [0.2, 0.25) is 0 Å². The molecule has 118 valence electrons. The molecule has 0 radical (unpaired) electrons. The summed E-state index contributed by atoms with van der Waals surface area (Å²) in [6, 6.07) is 7.09. The number of hydrogen-bond donors (Lipinski definition) is 2. The van der Waals surface area contributed by atoms with Crippen molar-refractivity contribution in [2.24, 2.45) is 0 Å². The molecule has 4 heteroatoms. The predicted molar refractivity (Wildman–Crippen MR) is 84.7 cm³/mol. The van der Waals surface area contributed by atoms with Crippen molar-refractivity contribution >= 4 is 5.91 Å². The Balaban J connectivity index is 2.51. The first kappa shape index (κ1) is 17.5. The van der Waals surface area contributed by atoms with Gasteiger partial charge < -0.3 is 15.2 Å². The van der Waals surface area contributed by atoms with Gasteiger partial charge in [0.1, 0.15) is 5.75 Å². The van der Waals surface area contributed by atoms with E-state index in [0.717, 1.165) is 18.6 Å². The molecule has 0 saturated carbocycles. The van der Waals surface area contributed by atoms with E-state index in [1.54, 1.807) is 24.3 Å². The zero-order valence-corrected chi connectivity index (χ0v) is 13.3. The van der Waals surface area contributed by atoms with Crippen molar-refractivity contribution in [1.82, 2.24) is 5.32 Å². The van der Waals surface area contributed by atoms with Gasteiger partial charge in [-0.05, 0) is 43.5 Å². The van der Waals surface area contributed by atoms with Crippen molar-refractivity contribution in [3.63, 3.8) is 0 Å². The highest BCUT2D eigenvalue weighted by atomic mass is 16.5. The first-order valence-electron chi connectivity index (χ1n) is 7.78. The van der Waals surface area contributed by atoms with Crippen LogP contribution in [-0.4, -0.2) is 29.8 Å². The largest absolute Gasteiger partial charge is 0.494 e. The van der Waals surface area contributed by atoms with Crippen molar-refractivity contribution in [3.05, 3.63) is 29.8 Å². The average Bonchev–Trinajstić information content (AvgIpc) is 2.53. The van der Waals surface area contributed by atoms with Crippen LogP contribution in [-0.2, 0) is 0 Å². The minimum atomic E-state index is -0.821. The topological polar surface area (TPSA) is 58.6 Å². The van der Waals surface area contributed by atoms with E-state index in [4.69, 9.17) is 4.74 Å². The molecule has 0 fully saturated rings. The standard InChI is InChI=1S/C17H27NO3/c1-4-7-12-21-15-10-8-14(9-11-15)16(19)18-13-17(20,5-2)6-3/h8-11,20H,4-7,12-13H2,1-3H3,(H,18,19). The Morgan fingerprint density at radius 1 is 1.19 bits per heavy atom. The molecule has 0 heterocycles. The van der Waals surface area contributed by atoms with Gasteiger partial charge in [0.05, 0.1) is 12.2 Å². The van der Waals surface area contributed by atoms with Crippen LogP contribution in [0.15, 0.2) is 24.3 Å². The fraction of sp³-hybridized carbons (Fsp3) is 0.588. The van der Waals surface area contributed by atoms with Gasteiger partial charge in [-0.2, -0.15) is 0 Å². The maximum Gasteiger partial charge on any atom is 0.251 e. The Morgan fingerprint density at radius 3 is 2.33 bits per heavy atom. The number of carbonyl (C=O) groups is 1. The normalized spacial score (nSPS) is 11.2. The lowest BCUT2D eigenvalue weighted by atomic mass is 9.97. The first-order valence-corrected chi connectivity index (χ1v) is 7.78. The van der Waals surface area contributed by atoms with E-state index in [1.165, 1.54) is 0 Å². The molecule has 2 N–H and O–H groups in total. The second kappa shape index (κ2) is 8.67. The molecular weight excluding hydrogens is 266 g/mol. The Hall–Kier alpha value is -1.55. The van der Waals surface area contributed by atoms with Crippen LogP contribution in [0.2, 0.25) is 0 Å². The number of hydrogen-bond acceptors (Lipinski definition) is 3. The van der Waals surface area contributed by atoms with Gasteiger partial charge in [-0.25, -0.2) is 0 Å². The molecule has 0 aliphatic rings. The second-order valence-electron chi connectivity index (χ2n) is 5.34. The summed E-state index contributed by atoms with van der Waals surface area (Å²) < 4.78 is 5.56. The van der Waals surface area contributed by atoms with Crippen molar-refractivity contribution in [2.75, 3.05) is 13.2 Å². The van der Waals surface area contributed by atoms with E-state index in [2.05, 4.69) is 12.2 Å². The van der Waals surface area contributed by atoms with E-state index in [1.807, 2.05) is 13.8 Å². The molecule has 1 amide bonds. The maximum absolute atomic E-state index is 12.0. The van der Waals surface area contributed by atoms with Crippen molar-refractivity contribution < 1.29 is 14.6 Å². The van der Waals surface area contributed by atoms with Crippen LogP contribution in [0.25, 0.3) is 0 Å². The number of benzene rings is 1. The molecule has 0 aliphatic carbocycles. The molecule has 0 saturated heterocycles.